The number of nitrogens with zero attached hydrogens (tertiary/aromatic N) is 6. The minimum absolute atomic E-state index is 0.0507. The number of guanidine groups is 1. The number of amides is 1. The van der Waals surface area contributed by atoms with Crippen LogP contribution >= 0.6 is 34.8 Å². The molecular weight excluding hydrogens is 552 g/mol. The summed E-state index contributed by atoms with van der Waals surface area (Å²) in [6.45, 7) is 4.95. The summed E-state index contributed by atoms with van der Waals surface area (Å²) in [5.41, 5.74) is 1.60. The topological polar surface area (TPSA) is 77.0 Å². The van der Waals surface area contributed by atoms with E-state index in [9.17, 15) is 9.18 Å². The Morgan fingerprint density at radius 2 is 1.76 bits per heavy atom. The molecule has 0 aliphatic carbocycles. The van der Waals surface area contributed by atoms with E-state index in [0.717, 1.165) is 31.6 Å². The van der Waals surface area contributed by atoms with Crippen molar-refractivity contribution < 1.29 is 9.18 Å². The van der Waals surface area contributed by atoms with Gasteiger partial charge in [-0.15, -0.1) is 0 Å². The van der Waals surface area contributed by atoms with E-state index in [-0.39, 0.29) is 28.2 Å². The number of hydrogen-bond donors (Lipinski definition) is 1. The second-order valence-electron chi connectivity index (χ2n) is 9.56. The summed E-state index contributed by atoms with van der Waals surface area (Å²) in [4.78, 5) is 32.0. The summed E-state index contributed by atoms with van der Waals surface area (Å²) in [7, 11) is 0. The van der Waals surface area contributed by atoms with E-state index < -0.39 is 11.7 Å². The molecule has 2 aromatic carbocycles. The number of para-hydroxylation sites is 1. The molecular formula is C26H23Cl3FN7O. The van der Waals surface area contributed by atoms with E-state index in [1.807, 2.05) is 0 Å². The zero-order chi connectivity index (χ0) is 26.6. The van der Waals surface area contributed by atoms with Gasteiger partial charge in [-0.1, -0.05) is 47.8 Å². The Bertz CT molecular complexity index is 1430. The molecule has 38 heavy (non-hydrogen) atoms. The lowest BCUT2D eigenvalue weighted by atomic mass is 9.99. The van der Waals surface area contributed by atoms with Gasteiger partial charge >= 0.3 is 0 Å². The molecule has 1 amide bonds. The molecule has 1 N–H and O–H groups in total. The van der Waals surface area contributed by atoms with Crippen LogP contribution < -0.4 is 20.0 Å². The fourth-order valence-electron chi connectivity index (χ4n) is 5.03. The van der Waals surface area contributed by atoms with Gasteiger partial charge in [0.15, 0.2) is 5.82 Å². The molecule has 3 aliphatic heterocycles. The van der Waals surface area contributed by atoms with Crippen LogP contribution in [0, 0.1) is 11.7 Å². The zero-order valence-corrected chi connectivity index (χ0v) is 22.7. The molecule has 0 saturated carbocycles. The van der Waals surface area contributed by atoms with Gasteiger partial charge in [0.25, 0.3) is 5.91 Å². The summed E-state index contributed by atoms with van der Waals surface area (Å²) in [5.74, 6) is 0.455. The molecule has 0 unspecified atom stereocenters. The van der Waals surface area contributed by atoms with Crippen molar-refractivity contribution in [3.63, 3.8) is 0 Å². The molecule has 196 valence electrons. The number of anilines is 5. The largest absolute Gasteiger partial charge is 0.369 e. The smallest absolute Gasteiger partial charge is 0.270 e. The first-order valence-corrected chi connectivity index (χ1v) is 13.4. The highest BCUT2D eigenvalue weighted by atomic mass is 35.5. The number of carbonyl (C=O) groups excluding carboxylic acids is 1. The van der Waals surface area contributed by atoms with Crippen molar-refractivity contribution in [3.05, 3.63) is 63.0 Å². The fourth-order valence-corrected chi connectivity index (χ4v) is 6.01. The maximum atomic E-state index is 14.8. The van der Waals surface area contributed by atoms with Crippen LogP contribution in [-0.4, -0.2) is 48.0 Å². The number of hydrogen-bond acceptors (Lipinski definition) is 7. The van der Waals surface area contributed by atoms with Gasteiger partial charge in [0, 0.05) is 31.5 Å². The molecule has 1 aromatic heterocycles. The van der Waals surface area contributed by atoms with Gasteiger partial charge in [0.2, 0.25) is 11.9 Å². The van der Waals surface area contributed by atoms with Crippen LogP contribution in [0.25, 0.3) is 0 Å². The Hall–Kier alpha value is -3.14. The second-order valence-corrected chi connectivity index (χ2v) is 10.8. The maximum Gasteiger partial charge on any atom is 0.270 e. The molecule has 8 nitrogen and oxygen atoms in total. The zero-order valence-electron chi connectivity index (χ0n) is 20.4. The number of aromatic nitrogens is 2. The van der Waals surface area contributed by atoms with E-state index in [0.29, 0.717) is 40.6 Å². The third-order valence-electron chi connectivity index (χ3n) is 7.01. The SMILES string of the molecule is CC1CCN(c2c(Cl)cc(Nc3ncc4c(n3)N3CCN=C3N(c3c(F)cccc3Cl)C4=O)cc2Cl)CC1. The molecule has 3 aliphatic rings. The first-order chi connectivity index (χ1) is 18.3. The van der Waals surface area contributed by atoms with Crippen LogP contribution in [0.2, 0.25) is 15.1 Å². The number of aliphatic imine (C=N–C) groups is 1. The van der Waals surface area contributed by atoms with Crippen molar-refractivity contribution in [2.24, 2.45) is 10.9 Å². The highest BCUT2D eigenvalue weighted by Crippen LogP contribution is 2.40. The van der Waals surface area contributed by atoms with Crippen LogP contribution in [0.1, 0.15) is 30.1 Å². The normalized spacial score (nSPS) is 17.4. The minimum Gasteiger partial charge on any atom is -0.369 e. The summed E-state index contributed by atoms with van der Waals surface area (Å²) >= 11 is 19.6. The monoisotopic (exact) mass is 573 g/mol. The van der Waals surface area contributed by atoms with Crippen LogP contribution in [0.15, 0.2) is 41.5 Å². The molecule has 1 fully saturated rings. The number of piperidine rings is 1. The molecule has 0 radical (unpaired) electrons. The first kappa shape index (κ1) is 25.2. The van der Waals surface area contributed by atoms with Crippen molar-refractivity contribution in [2.75, 3.05) is 46.2 Å². The van der Waals surface area contributed by atoms with Crippen molar-refractivity contribution in [1.29, 1.82) is 0 Å². The van der Waals surface area contributed by atoms with Crippen LogP contribution in [0.4, 0.5) is 33.2 Å². The Balaban J connectivity index is 1.31. The van der Waals surface area contributed by atoms with Crippen molar-refractivity contribution in [1.82, 2.24) is 9.97 Å². The first-order valence-electron chi connectivity index (χ1n) is 12.3. The lowest BCUT2D eigenvalue weighted by molar-refractivity contribution is 0.0999. The Morgan fingerprint density at radius 3 is 2.47 bits per heavy atom. The van der Waals surface area contributed by atoms with Gasteiger partial charge in [-0.05, 0) is 43.0 Å². The van der Waals surface area contributed by atoms with E-state index in [4.69, 9.17) is 34.8 Å². The molecule has 12 heteroatoms. The Morgan fingerprint density at radius 1 is 1.03 bits per heavy atom. The quantitative estimate of drug-likeness (QED) is 0.389. The Labute approximate surface area is 234 Å². The highest BCUT2D eigenvalue weighted by Gasteiger charge is 2.41. The molecule has 1 saturated heterocycles. The predicted octanol–water partition coefficient (Wildman–Crippen LogP) is 6.39. The summed E-state index contributed by atoms with van der Waals surface area (Å²) in [6.07, 6.45) is 3.60. The van der Waals surface area contributed by atoms with Gasteiger partial charge < -0.3 is 10.2 Å². The van der Waals surface area contributed by atoms with Gasteiger partial charge in [-0.2, -0.15) is 4.98 Å². The average molecular weight is 575 g/mol. The molecule has 0 atom stereocenters. The molecule has 3 aromatic rings. The van der Waals surface area contributed by atoms with Gasteiger partial charge in [-0.3, -0.25) is 14.7 Å². The van der Waals surface area contributed by atoms with E-state index in [1.165, 1.54) is 29.3 Å². The number of nitrogens with one attached hydrogen (secondary N) is 1. The minimum atomic E-state index is -0.626. The average Bonchev–Trinajstić information content (AvgIpc) is 3.36. The van der Waals surface area contributed by atoms with Crippen LogP contribution in [-0.2, 0) is 0 Å². The van der Waals surface area contributed by atoms with E-state index in [2.05, 4.69) is 32.1 Å². The lowest BCUT2D eigenvalue weighted by Gasteiger charge is -2.35. The van der Waals surface area contributed by atoms with Crippen molar-refractivity contribution >= 4 is 75.5 Å². The third-order valence-corrected chi connectivity index (χ3v) is 7.89. The third kappa shape index (κ3) is 4.32. The summed E-state index contributed by atoms with van der Waals surface area (Å²) in [6, 6.07) is 7.84. The maximum absolute atomic E-state index is 14.8. The van der Waals surface area contributed by atoms with E-state index in [1.54, 1.807) is 17.0 Å². The molecule has 6 rings (SSSR count). The van der Waals surface area contributed by atoms with E-state index >= 15 is 0 Å². The highest BCUT2D eigenvalue weighted by molar-refractivity contribution is 6.40. The lowest BCUT2D eigenvalue weighted by Crippen LogP contribution is -2.51. The Kier molecular flexibility index (Phi) is 6.53. The van der Waals surface area contributed by atoms with Crippen LogP contribution in [0.5, 0.6) is 0 Å². The number of fused-ring (bicyclic) bond motifs is 3. The number of halogens is 4. The predicted molar refractivity (Wildman–Crippen MR) is 150 cm³/mol. The van der Waals surface area contributed by atoms with Gasteiger partial charge in [-0.25, -0.2) is 14.3 Å². The summed E-state index contributed by atoms with van der Waals surface area (Å²) in [5, 5.41) is 4.32. The van der Waals surface area contributed by atoms with Crippen molar-refractivity contribution in [2.45, 2.75) is 19.8 Å². The molecule has 0 bridgehead atoms. The van der Waals surface area contributed by atoms with Gasteiger partial charge in [0.1, 0.15) is 17.1 Å². The molecule has 0 spiro atoms. The van der Waals surface area contributed by atoms with Gasteiger partial charge in [0.05, 0.1) is 27.3 Å². The summed E-state index contributed by atoms with van der Waals surface area (Å²) < 4.78 is 14.8. The van der Waals surface area contributed by atoms with Crippen molar-refractivity contribution in [3.8, 4) is 0 Å². The number of carbonyl (C=O) groups is 1. The fraction of sp³-hybridized carbons (Fsp3) is 0.308. The number of benzene rings is 2. The second kappa shape index (κ2) is 9.87. The van der Waals surface area contributed by atoms with Crippen LogP contribution in [0.3, 0.4) is 0 Å². The standard InChI is InChI=1S/C26H23Cl3FN7O/c1-14-5-8-35(9-6-14)21-18(28)11-15(12-19(21)29)33-25-32-13-16-23(34-25)36-10-7-31-26(36)37(24(16)38)22-17(27)3-2-4-20(22)30/h2-4,11-14H,5-10H2,1H3,(H,32,33,34). The number of rotatable bonds is 4. The molecule has 4 heterocycles.